The second-order valence-corrected chi connectivity index (χ2v) is 3.99. The number of hydrogen-bond acceptors (Lipinski definition) is 0. The maximum atomic E-state index is 13.6. The molecule has 17 heavy (non-hydrogen) atoms. The van der Waals surface area contributed by atoms with Crippen LogP contribution in [0.15, 0.2) is 30.5 Å². The summed E-state index contributed by atoms with van der Waals surface area (Å²) in [6.07, 6.45) is 2.45. The molecule has 0 spiro atoms. The van der Waals surface area contributed by atoms with Crippen LogP contribution in [0, 0.1) is 12.7 Å². The van der Waals surface area contributed by atoms with E-state index < -0.39 is 0 Å². The van der Waals surface area contributed by atoms with Gasteiger partial charge in [-0.05, 0) is 30.2 Å². The molecule has 0 saturated carbocycles. The quantitative estimate of drug-likeness (QED) is 0.796. The third-order valence-corrected chi connectivity index (χ3v) is 2.61. The zero-order valence-corrected chi connectivity index (χ0v) is 11.1. The first-order chi connectivity index (χ1) is 8.16. The fourth-order valence-corrected chi connectivity index (χ4v) is 1.77. The highest BCUT2D eigenvalue weighted by Crippen LogP contribution is 2.20. The van der Waals surface area contributed by atoms with E-state index in [9.17, 15) is 4.39 Å². The Labute approximate surface area is 107 Å². The summed E-state index contributed by atoms with van der Waals surface area (Å²) in [5.41, 5.74) is 2.77. The van der Waals surface area contributed by atoms with Crippen molar-refractivity contribution in [1.29, 1.82) is 0 Å². The topological polar surface area (TPSA) is 15.8 Å². The molecule has 0 radical (unpaired) electrons. The van der Waals surface area contributed by atoms with E-state index in [1.807, 2.05) is 33.0 Å². The Bertz CT molecular complexity index is 477. The average Bonchev–Trinajstić information content (AvgIpc) is 2.73. The summed E-state index contributed by atoms with van der Waals surface area (Å²) in [6.45, 7) is 5.97. The third kappa shape index (κ3) is 3.60. The highest BCUT2D eigenvalue weighted by atomic mass is 35.5. The molecule has 1 heterocycles. The van der Waals surface area contributed by atoms with Crippen LogP contribution in [0.25, 0.3) is 0 Å². The summed E-state index contributed by atoms with van der Waals surface area (Å²) in [7, 11) is 0. The first-order valence-electron chi connectivity index (χ1n) is 5.73. The van der Waals surface area contributed by atoms with Crippen molar-refractivity contribution in [1.82, 2.24) is 4.98 Å². The average molecular weight is 254 g/mol. The predicted octanol–water partition coefficient (Wildman–Crippen LogP) is 4.73. The Hall–Kier alpha value is -1.28. The van der Waals surface area contributed by atoms with Crippen LogP contribution in [0.5, 0.6) is 0 Å². The van der Waals surface area contributed by atoms with E-state index in [0.717, 1.165) is 11.3 Å². The second kappa shape index (κ2) is 6.45. The number of rotatable bonds is 2. The highest BCUT2D eigenvalue weighted by molar-refractivity contribution is 6.30. The van der Waals surface area contributed by atoms with Gasteiger partial charge in [-0.2, -0.15) is 0 Å². The molecular formula is C14H17ClFN. The fraction of sp³-hybridized carbons (Fsp3) is 0.286. The summed E-state index contributed by atoms with van der Waals surface area (Å²) in [5.74, 6) is -0.321. The first-order valence-corrected chi connectivity index (χ1v) is 6.11. The van der Waals surface area contributed by atoms with Crippen LogP contribution in [0.4, 0.5) is 4.39 Å². The number of H-pyrrole nitrogens is 1. The maximum Gasteiger partial charge on any atom is 0.145 e. The van der Waals surface area contributed by atoms with Gasteiger partial charge in [-0.25, -0.2) is 4.39 Å². The Balaban J connectivity index is 0.000000686. The zero-order valence-electron chi connectivity index (χ0n) is 10.3. The number of aromatic nitrogens is 1. The molecule has 2 rings (SSSR count). The smallest absolute Gasteiger partial charge is 0.145 e. The van der Waals surface area contributed by atoms with Gasteiger partial charge in [0.1, 0.15) is 5.82 Å². The Morgan fingerprint density at radius 1 is 1.29 bits per heavy atom. The van der Waals surface area contributed by atoms with Crippen molar-refractivity contribution >= 4 is 11.6 Å². The fourth-order valence-electron chi connectivity index (χ4n) is 1.57. The lowest BCUT2D eigenvalue weighted by atomic mass is 10.1. The summed E-state index contributed by atoms with van der Waals surface area (Å²) >= 11 is 5.70. The maximum absolute atomic E-state index is 13.6. The van der Waals surface area contributed by atoms with Crippen LogP contribution in [0.3, 0.4) is 0 Å². The summed E-state index contributed by atoms with van der Waals surface area (Å²) < 4.78 is 13.6. The number of hydrogen-bond donors (Lipinski definition) is 1. The monoisotopic (exact) mass is 253 g/mol. The van der Waals surface area contributed by atoms with E-state index in [-0.39, 0.29) is 10.8 Å². The Kier molecular flexibility index (Phi) is 5.23. The van der Waals surface area contributed by atoms with Crippen LogP contribution < -0.4 is 0 Å². The minimum absolute atomic E-state index is 0.180. The Morgan fingerprint density at radius 2 is 2.00 bits per heavy atom. The van der Waals surface area contributed by atoms with Crippen LogP contribution >= 0.6 is 11.6 Å². The molecule has 92 valence electrons. The number of aryl methyl sites for hydroxylation is 1. The minimum Gasteiger partial charge on any atom is -0.365 e. The van der Waals surface area contributed by atoms with Gasteiger partial charge >= 0.3 is 0 Å². The molecule has 1 aromatic carbocycles. The van der Waals surface area contributed by atoms with E-state index in [1.165, 1.54) is 0 Å². The van der Waals surface area contributed by atoms with Gasteiger partial charge in [-0.1, -0.05) is 37.6 Å². The number of benzene rings is 1. The highest BCUT2D eigenvalue weighted by Gasteiger charge is 2.07. The van der Waals surface area contributed by atoms with E-state index in [4.69, 9.17) is 11.6 Å². The molecule has 1 N–H and O–H groups in total. The van der Waals surface area contributed by atoms with Crippen molar-refractivity contribution < 1.29 is 4.39 Å². The lowest BCUT2D eigenvalue weighted by Gasteiger charge is -2.02. The van der Waals surface area contributed by atoms with E-state index in [0.29, 0.717) is 12.0 Å². The summed E-state index contributed by atoms with van der Waals surface area (Å²) in [4.78, 5) is 3.07. The third-order valence-electron chi connectivity index (χ3n) is 2.31. The van der Waals surface area contributed by atoms with Gasteiger partial charge in [0.15, 0.2) is 0 Å². The molecule has 0 aliphatic heterocycles. The van der Waals surface area contributed by atoms with Gasteiger partial charge in [-0.3, -0.25) is 0 Å². The number of halogens is 2. The Morgan fingerprint density at radius 3 is 2.59 bits per heavy atom. The van der Waals surface area contributed by atoms with Crippen molar-refractivity contribution in [2.75, 3.05) is 0 Å². The molecule has 0 unspecified atom stereocenters. The van der Waals surface area contributed by atoms with Crippen molar-refractivity contribution in [3.05, 3.63) is 58.1 Å². The van der Waals surface area contributed by atoms with Crippen LogP contribution in [0.2, 0.25) is 5.02 Å². The second-order valence-electron chi connectivity index (χ2n) is 3.58. The van der Waals surface area contributed by atoms with Gasteiger partial charge in [0.25, 0.3) is 0 Å². The van der Waals surface area contributed by atoms with Crippen LogP contribution in [-0.4, -0.2) is 4.98 Å². The van der Waals surface area contributed by atoms with Crippen molar-refractivity contribution in [3.8, 4) is 0 Å². The summed E-state index contributed by atoms with van der Waals surface area (Å²) in [6, 6.07) is 7.08. The van der Waals surface area contributed by atoms with Gasteiger partial charge in [0.2, 0.25) is 0 Å². The molecule has 2 aromatic rings. The summed E-state index contributed by atoms with van der Waals surface area (Å²) in [5, 5.41) is 0.180. The predicted molar refractivity (Wildman–Crippen MR) is 71.1 cm³/mol. The van der Waals surface area contributed by atoms with Gasteiger partial charge in [0, 0.05) is 18.3 Å². The standard InChI is InChI=1S/C12H11ClFN.C2H6/c1-8-5-9(7-15-8)6-10-3-2-4-11(13)12(10)14;1-2/h2-5,7,15H,6H2,1H3;1-2H3. The molecule has 0 aliphatic rings. The molecule has 0 bridgehead atoms. The van der Waals surface area contributed by atoms with E-state index in [2.05, 4.69) is 4.98 Å². The zero-order chi connectivity index (χ0) is 12.8. The normalized spacial score (nSPS) is 9.71. The molecule has 0 saturated heterocycles. The number of aromatic amines is 1. The molecular weight excluding hydrogens is 237 g/mol. The molecule has 0 fully saturated rings. The van der Waals surface area contributed by atoms with E-state index >= 15 is 0 Å². The number of nitrogens with one attached hydrogen (secondary N) is 1. The van der Waals surface area contributed by atoms with Crippen molar-refractivity contribution in [2.45, 2.75) is 27.2 Å². The van der Waals surface area contributed by atoms with E-state index in [1.54, 1.807) is 18.2 Å². The molecule has 0 amide bonds. The van der Waals surface area contributed by atoms with Crippen molar-refractivity contribution in [2.24, 2.45) is 0 Å². The molecule has 0 atom stereocenters. The van der Waals surface area contributed by atoms with Crippen LogP contribution in [0.1, 0.15) is 30.7 Å². The minimum atomic E-state index is -0.321. The van der Waals surface area contributed by atoms with Crippen LogP contribution in [-0.2, 0) is 6.42 Å². The molecule has 3 heteroatoms. The van der Waals surface area contributed by atoms with Gasteiger partial charge < -0.3 is 4.98 Å². The lowest BCUT2D eigenvalue weighted by molar-refractivity contribution is 0.614. The van der Waals surface area contributed by atoms with Crippen molar-refractivity contribution in [3.63, 3.8) is 0 Å². The SMILES string of the molecule is CC.Cc1cc(Cc2cccc(Cl)c2F)c[nH]1. The van der Waals surface area contributed by atoms with Gasteiger partial charge in [0.05, 0.1) is 5.02 Å². The molecule has 1 aromatic heterocycles. The molecule has 1 nitrogen and oxygen atoms in total. The lowest BCUT2D eigenvalue weighted by Crippen LogP contribution is -1.91. The van der Waals surface area contributed by atoms with Gasteiger partial charge in [-0.15, -0.1) is 0 Å². The molecule has 0 aliphatic carbocycles. The largest absolute Gasteiger partial charge is 0.365 e. The first kappa shape index (κ1) is 13.8.